The van der Waals surface area contributed by atoms with Crippen LogP contribution in [0.15, 0.2) is 36.9 Å². The molecule has 0 aliphatic heterocycles. The minimum absolute atomic E-state index is 0.230. The van der Waals surface area contributed by atoms with Crippen LogP contribution in [0.2, 0.25) is 0 Å². The largest absolute Gasteiger partial charge is 0.452 e. The lowest BCUT2D eigenvalue weighted by molar-refractivity contribution is -0.123. The van der Waals surface area contributed by atoms with Crippen molar-refractivity contribution in [2.75, 3.05) is 13.2 Å². The molecule has 1 heterocycles. The van der Waals surface area contributed by atoms with Crippen molar-refractivity contribution >= 4 is 28.8 Å². The van der Waals surface area contributed by atoms with Crippen LogP contribution in [0.3, 0.4) is 0 Å². The van der Waals surface area contributed by atoms with Crippen molar-refractivity contribution in [2.45, 2.75) is 25.7 Å². The normalized spacial score (nSPS) is 12.7. The predicted molar refractivity (Wildman–Crippen MR) is 100 cm³/mol. The molecule has 1 aliphatic carbocycles. The number of carbonyl (C=O) groups is 3. The Morgan fingerprint density at radius 3 is 2.78 bits per heavy atom. The zero-order chi connectivity index (χ0) is 19.2. The molecule has 0 spiro atoms. The Hall–Kier alpha value is -3.22. The van der Waals surface area contributed by atoms with Crippen LogP contribution in [0.1, 0.15) is 34.5 Å². The molecule has 2 N–H and O–H groups in total. The number of aryl methyl sites for hydroxylation is 1. The molecule has 0 bridgehead atoms. The fourth-order valence-electron chi connectivity index (χ4n) is 3.18. The van der Waals surface area contributed by atoms with Gasteiger partial charge in [0.25, 0.3) is 5.91 Å². The van der Waals surface area contributed by atoms with E-state index >= 15 is 0 Å². The first kappa shape index (κ1) is 18.6. The summed E-state index contributed by atoms with van der Waals surface area (Å²) in [5.41, 5.74) is 3.02. The Kier molecular flexibility index (Phi) is 5.80. The highest BCUT2D eigenvalue weighted by Gasteiger charge is 2.24. The molecule has 27 heavy (non-hydrogen) atoms. The SMILES string of the molecule is C=CCNC(=O)NC(=O)COC(=O)c1c2c(nc3ccccc13)CCCC2. The molecule has 1 aromatic carbocycles. The van der Waals surface area contributed by atoms with E-state index < -0.39 is 24.5 Å². The van der Waals surface area contributed by atoms with Gasteiger partial charge in [-0.2, -0.15) is 0 Å². The van der Waals surface area contributed by atoms with Gasteiger partial charge in [-0.15, -0.1) is 6.58 Å². The maximum atomic E-state index is 12.7. The lowest BCUT2D eigenvalue weighted by Gasteiger charge is -2.19. The van der Waals surface area contributed by atoms with Crippen molar-refractivity contribution < 1.29 is 19.1 Å². The second-order valence-electron chi connectivity index (χ2n) is 6.26. The lowest BCUT2D eigenvalue weighted by Crippen LogP contribution is -2.41. The number of rotatable bonds is 5. The Labute approximate surface area is 156 Å². The van der Waals surface area contributed by atoms with Crippen LogP contribution in [0.4, 0.5) is 4.79 Å². The van der Waals surface area contributed by atoms with Crippen molar-refractivity contribution in [3.63, 3.8) is 0 Å². The lowest BCUT2D eigenvalue weighted by atomic mass is 9.90. The molecule has 0 unspecified atom stereocenters. The molecular weight excluding hydrogens is 346 g/mol. The molecular formula is C20H21N3O4. The van der Waals surface area contributed by atoms with Crippen LogP contribution in [0.25, 0.3) is 10.9 Å². The van der Waals surface area contributed by atoms with Crippen LogP contribution >= 0.6 is 0 Å². The number of para-hydroxylation sites is 1. The third-order valence-corrected chi connectivity index (χ3v) is 4.37. The average Bonchev–Trinajstić information content (AvgIpc) is 2.68. The van der Waals surface area contributed by atoms with Crippen LogP contribution in [-0.4, -0.2) is 36.0 Å². The van der Waals surface area contributed by atoms with Crippen molar-refractivity contribution in [3.8, 4) is 0 Å². The topological polar surface area (TPSA) is 97.4 Å². The number of esters is 1. The number of carbonyl (C=O) groups excluding carboxylic acids is 3. The number of hydrogen-bond donors (Lipinski definition) is 2. The van der Waals surface area contributed by atoms with Crippen molar-refractivity contribution in [1.29, 1.82) is 0 Å². The van der Waals surface area contributed by atoms with Gasteiger partial charge in [-0.05, 0) is 37.3 Å². The van der Waals surface area contributed by atoms with E-state index in [0.29, 0.717) is 10.9 Å². The van der Waals surface area contributed by atoms with Gasteiger partial charge in [0.2, 0.25) is 0 Å². The van der Waals surface area contributed by atoms with Gasteiger partial charge in [0.15, 0.2) is 6.61 Å². The Morgan fingerprint density at radius 1 is 1.19 bits per heavy atom. The van der Waals surface area contributed by atoms with Gasteiger partial charge in [0, 0.05) is 17.6 Å². The van der Waals surface area contributed by atoms with E-state index in [2.05, 4.69) is 22.2 Å². The minimum atomic E-state index is -0.697. The number of benzene rings is 1. The van der Waals surface area contributed by atoms with Crippen LogP contribution in [0.5, 0.6) is 0 Å². The first-order valence-corrected chi connectivity index (χ1v) is 8.86. The van der Waals surface area contributed by atoms with Crippen LogP contribution in [-0.2, 0) is 22.4 Å². The molecule has 3 rings (SSSR count). The second kappa shape index (κ2) is 8.44. The molecule has 0 radical (unpaired) electrons. The summed E-state index contributed by atoms with van der Waals surface area (Å²) in [5.74, 6) is -1.27. The number of urea groups is 1. The van der Waals surface area contributed by atoms with Crippen molar-refractivity contribution in [2.24, 2.45) is 0 Å². The van der Waals surface area contributed by atoms with Gasteiger partial charge in [0.05, 0.1) is 11.1 Å². The van der Waals surface area contributed by atoms with Crippen LogP contribution < -0.4 is 10.6 Å². The monoisotopic (exact) mass is 367 g/mol. The Bertz CT molecular complexity index is 907. The fraction of sp³-hybridized carbons (Fsp3) is 0.300. The van der Waals surface area contributed by atoms with Gasteiger partial charge in [-0.1, -0.05) is 24.3 Å². The van der Waals surface area contributed by atoms with E-state index in [-0.39, 0.29) is 6.54 Å². The zero-order valence-corrected chi connectivity index (χ0v) is 14.9. The molecule has 0 saturated heterocycles. The summed E-state index contributed by atoms with van der Waals surface area (Å²) in [7, 11) is 0. The molecule has 140 valence electrons. The van der Waals surface area contributed by atoms with E-state index in [1.54, 1.807) is 0 Å². The summed E-state index contributed by atoms with van der Waals surface area (Å²) in [5, 5.41) is 5.22. The molecule has 1 aromatic heterocycles. The Morgan fingerprint density at radius 2 is 1.96 bits per heavy atom. The molecule has 0 saturated carbocycles. The van der Waals surface area contributed by atoms with Crippen molar-refractivity contribution in [3.05, 3.63) is 53.7 Å². The third-order valence-electron chi connectivity index (χ3n) is 4.37. The summed E-state index contributed by atoms with van der Waals surface area (Å²) in [4.78, 5) is 40.7. The van der Waals surface area contributed by atoms with Crippen LogP contribution in [0, 0.1) is 0 Å². The van der Waals surface area contributed by atoms with E-state index in [1.807, 2.05) is 24.3 Å². The van der Waals surface area contributed by atoms with E-state index in [9.17, 15) is 14.4 Å². The number of hydrogen-bond acceptors (Lipinski definition) is 5. The van der Waals surface area contributed by atoms with E-state index in [4.69, 9.17) is 4.74 Å². The minimum Gasteiger partial charge on any atom is -0.452 e. The highest BCUT2D eigenvalue weighted by atomic mass is 16.5. The summed E-state index contributed by atoms with van der Waals surface area (Å²) < 4.78 is 5.19. The van der Waals surface area contributed by atoms with E-state index in [0.717, 1.165) is 42.5 Å². The number of amides is 3. The standard InChI is InChI=1S/C20H21N3O4/c1-2-11-21-20(26)23-17(24)12-27-19(25)18-13-7-3-5-9-15(13)22-16-10-6-4-8-14(16)18/h2-3,5,7,9H,1,4,6,8,10-12H2,(H2,21,23,24,26). The van der Waals surface area contributed by atoms with Crippen molar-refractivity contribution in [1.82, 2.24) is 15.6 Å². The predicted octanol–water partition coefficient (Wildman–Crippen LogP) is 2.28. The molecule has 2 aromatic rings. The van der Waals surface area contributed by atoms with E-state index in [1.165, 1.54) is 6.08 Å². The van der Waals surface area contributed by atoms with Gasteiger partial charge in [-0.3, -0.25) is 15.1 Å². The first-order valence-electron chi connectivity index (χ1n) is 8.86. The summed E-state index contributed by atoms with van der Waals surface area (Å²) in [6.07, 6.45) is 5.09. The molecule has 0 fully saturated rings. The number of imide groups is 1. The summed E-state index contributed by atoms with van der Waals surface area (Å²) in [6.45, 7) is 3.16. The fourth-order valence-corrected chi connectivity index (χ4v) is 3.18. The zero-order valence-electron chi connectivity index (χ0n) is 14.9. The van der Waals surface area contributed by atoms with Gasteiger partial charge < -0.3 is 10.1 Å². The first-order chi connectivity index (χ1) is 13.1. The number of pyridine rings is 1. The molecule has 1 aliphatic rings. The number of nitrogens with one attached hydrogen (secondary N) is 2. The summed E-state index contributed by atoms with van der Waals surface area (Å²) >= 11 is 0. The highest BCUT2D eigenvalue weighted by molar-refractivity contribution is 6.06. The highest BCUT2D eigenvalue weighted by Crippen LogP contribution is 2.29. The average molecular weight is 367 g/mol. The number of fused-ring (bicyclic) bond motifs is 2. The maximum absolute atomic E-state index is 12.7. The molecule has 3 amide bonds. The molecule has 0 atom stereocenters. The number of ether oxygens (including phenoxy) is 1. The maximum Gasteiger partial charge on any atom is 0.339 e. The number of aromatic nitrogens is 1. The molecule has 7 nitrogen and oxygen atoms in total. The molecule has 7 heteroatoms. The Balaban J connectivity index is 1.76. The van der Waals surface area contributed by atoms with Gasteiger partial charge >= 0.3 is 12.0 Å². The quantitative estimate of drug-likeness (QED) is 0.624. The third kappa shape index (κ3) is 4.31. The number of nitrogens with zero attached hydrogens (tertiary/aromatic N) is 1. The van der Waals surface area contributed by atoms with Gasteiger partial charge in [-0.25, -0.2) is 9.59 Å². The van der Waals surface area contributed by atoms with Gasteiger partial charge in [0.1, 0.15) is 0 Å². The smallest absolute Gasteiger partial charge is 0.339 e. The summed E-state index contributed by atoms with van der Waals surface area (Å²) in [6, 6.07) is 6.73. The second-order valence-corrected chi connectivity index (χ2v) is 6.26.